The highest BCUT2D eigenvalue weighted by atomic mass is 16.5. The topological polar surface area (TPSA) is 147 Å². The Bertz CT molecular complexity index is 1460. The Morgan fingerprint density at radius 3 is 2.79 bits per heavy atom. The molecular formula is C27H33N9O3. The van der Waals surface area contributed by atoms with E-state index in [0.29, 0.717) is 37.9 Å². The van der Waals surface area contributed by atoms with Crippen LogP contribution in [-0.4, -0.2) is 65.5 Å². The summed E-state index contributed by atoms with van der Waals surface area (Å²) in [4.78, 5) is 28.6. The van der Waals surface area contributed by atoms with E-state index in [1.165, 1.54) is 0 Å². The second-order valence-corrected chi connectivity index (χ2v) is 10.7. The summed E-state index contributed by atoms with van der Waals surface area (Å²) in [5.41, 5.74) is 4.19. The monoisotopic (exact) mass is 531 g/mol. The van der Waals surface area contributed by atoms with E-state index in [1.807, 2.05) is 52.2 Å². The first-order valence-electron chi connectivity index (χ1n) is 12.9. The van der Waals surface area contributed by atoms with Crippen molar-refractivity contribution in [3.05, 3.63) is 65.7 Å². The van der Waals surface area contributed by atoms with Gasteiger partial charge in [0.05, 0.1) is 30.2 Å². The normalized spacial score (nSPS) is 16.0. The number of β-amino-alcohol motifs (C(OH)–C–C–N with tert-alkyl or cyclic N) is 1. The van der Waals surface area contributed by atoms with Crippen LogP contribution in [0.2, 0.25) is 0 Å². The number of nitrogens with zero attached hydrogens (tertiary/aromatic N) is 7. The molecule has 1 amide bonds. The smallest absolute Gasteiger partial charge is 0.293 e. The molecular weight excluding hydrogens is 498 g/mol. The van der Waals surface area contributed by atoms with Crippen molar-refractivity contribution in [1.82, 2.24) is 40.1 Å². The van der Waals surface area contributed by atoms with Crippen molar-refractivity contribution in [2.24, 2.45) is 7.05 Å². The molecule has 0 saturated carbocycles. The fourth-order valence-electron chi connectivity index (χ4n) is 4.55. The van der Waals surface area contributed by atoms with Crippen molar-refractivity contribution in [3.8, 4) is 11.3 Å². The first kappa shape index (κ1) is 26.4. The molecule has 1 atom stereocenters. The lowest BCUT2D eigenvalue weighted by Gasteiger charge is -2.19. The second-order valence-electron chi connectivity index (χ2n) is 10.7. The molecule has 0 bridgehead atoms. The van der Waals surface area contributed by atoms with Gasteiger partial charge in [-0.05, 0) is 29.7 Å². The number of aryl methyl sites for hydroxylation is 1. The molecule has 1 aromatic carbocycles. The molecule has 0 radical (unpaired) electrons. The van der Waals surface area contributed by atoms with Crippen LogP contribution in [0.4, 0.5) is 11.6 Å². The largest absolute Gasteiger partial charge is 0.395 e. The quantitative estimate of drug-likeness (QED) is 0.325. The highest BCUT2D eigenvalue weighted by Gasteiger charge is 2.28. The second kappa shape index (κ2) is 10.9. The van der Waals surface area contributed by atoms with Gasteiger partial charge in [0.1, 0.15) is 0 Å². The van der Waals surface area contributed by atoms with Gasteiger partial charge in [-0.1, -0.05) is 38.1 Å². The van der Waals surface area contributed by atoms with Crippen LogP contribution in [0.25, 0.3) is 11.3 Å². The van der Waals surface area contributed by atoms with E-state index in [-0.39, 0.29) is 29.8 Å². The molecule has 1 aliphatic rings. The Labute approximate surface area is 226 Å². The van der Waals surface area contributed by atoms with Gasteiger partial charge < -0.3 is 20.3 Å². The zero-order valence-corrected chi connectivity index (χ0v) is 22.5. The van der Waals surface area contributed by atoms with Gasteiger partial charge in [-0.15, -0.1) is 0 Å². The van der Waals surface area contributed by atoms with Gasteiger partial charge in [0.2, 0.25) is 11.8 Å². The first-order chi connectivity index (χ1) is 18.7. The van der Waals surface area contributed by atoms with Gasteiger partial charge >= 0.3 is 0 Å². The highest BCUT2D eigenvalue weighted by molar-refractivity contribution is 5.90. The van der Waals surface area contributed by atoms with Crippen molar-refractivity contribution in [2.45, 2.75) is 45.2 Å². The number of carbonyl (C=O) groups excluding carboxylic acids is 1. The van der Waals surface area contributed by atoms with Crippen LogP contribution in [0, 0.1) is 0 Å². The summed E-state index contributed by atoms with van der Waals surface area (Å²) in [6.07, 6.45) is 5.95. The minimum Gasteiger partial charge on any atom is -0.395 e. The molecule has 4 aromatic rings. The summed E-state index contributed by atoms with van der Waals surface area (Å²) < 4.78 is 7.02. The van der Waals surface area contributed by atoms with Crippen molar-refractivity contribution >= 4 is 17.5 Å². The molecule has 0 saturated heterocycles. The van der Waals surface area contributed by atoms with Crippen LogP contribution in [0.5, 0.6) is 0 Å². The van der Waals surface area contributed by atoms with Gasteiger partial charge in [-0.2, -0.15) is 10.1 Å². The molecule has 204 valence electrons. The number of aromatic nitrogens is 6. The fraction of sp³-hybridized carbons (Fsp3) is 0.407. The number of nitrogens with one attached hydrogen (secondary N) is 2. The van der Waals surface area contributed by atoms with E-state index in [1.54, 1.807) is 17.1 Å². The Balaban J connectivity index is 1.41. The molecule has 5 rings (SSSR count). The maximum Gasteiger partial charge on any atom is 0.293 e. The minimum atomic E-state index is -0.383. The summed E-state index contributed by atoms with van der Waals surface area (Å²) in [6, 6.07) is 7.73. The lowest BCUT2D eigenvalue weighted by Crippen LogP contribution is -2.31. The number of benzene rings is 1. The van der Waals surface area contributed by atoms with E-state index >= 15 is 0 Å². The average molecular weight is 532 g/mol. The van der Waals surface area contributed by atoms with E-state index in [4.69, 9.17) is 9.51 Å². The van der Waals surface area contributed by atoms with E-state index in [0.717, 1.165) is 28.1 Å². The predicted octanol–water partition coefficient (Wildman–Crippen LogP) is 2.97. The average Bonchev–Trinajstić information content (AvgIpc) is 3.52. The summed E-state index contributed by atoms with van der Waals surface area (Å²) in [5, 5.41) is 23.9. The molecule has 12 nitrogen and oxygen atoms in total. The van der Waals surface area contributed by atoms with Crippen molar-refractivity contribution < 1.29 is 14.4 Å². The van der Waals surface area contributed by atoms with E-state index < -0.39 is 0 Å². The maximum absolute atomic E-state index is 13.1. The lowest BCUT2D eigenvalue weighted by atomic mass is 9.96. The molecule has 0 spiro atoms. The number of aliphatic hydroxyl groups is 1. The minimum absolute atomic E-state index is 0.0178. The molecule has 12 heteroatoms. The van der Waals surface area contributed by atoms with Crippen molar-refractivity contribution in [1.29, 1.82) is 0 Å². The zero-order valence-electron chi connectivity index (χ0n) is 22.5. The fourth-order valence-corrected chi connectivity index (χ4v) is 4.55. The van der Waals surface area contributed by atoms with Gasteiger partial charge in [0.25, 0.3) is 11.7 Å². The number of fused-ring (bicyclic) bond motifs is 1. The standard InChI is InChI=1S/C27H33N9O3/c1-27(2,3)25-33-23(34-39-25)24(38)31-22-8-10-36(11-12-37)15-18-13-17(5-6-20(18)22)21-7-9-28-26(32-21)30-19-14-29-35(4)16-19/h5-7,9,13-14,16,22,37H,8,10-12,15H2,1-4H3,(H,31,38)(H,28,30,32)/t22-/m0/s1. The van der Waals surface area contributed by atoms with E-state index in [9.17, 15) is 9.90 Å². The van der Waals surface area contributed by atoms with Crippen LogP contribution >= 0.6 is 0 Å². The zero-order chi connectivity index (χ0) is 27.6. The molecule has 0 unspecified atom stereocenters. The number of carbonyl (C=O) groups is 1. The number of rotatable bonds is 7. The Morgan fingerprint density at radius 1 is 1.23 bits per heavy atom. The first-order valence-corrected chi connectivity index (χ1v) is 12.9. The summed E-state index contributed by atoms with van der Waals surface area (Å²) in [7, 11) is 1.85. The lowest BCUT2D eigenvalue weighted by molar-refractivity contribution is 0.0918. The summed E-state index contributed by atoms with van der Waals surface area (Å²) >= 11 is 0. The number of amides is 1. The predicted molar refractivity (Wildman–Crippen MR) is 144 cm³/mol. The molecule has 0 aliphatic carbocycles. The number of hydrogen-bond donors (Lipinski definition) is 3. The van der Waals surface area contributed by atoms with Crippen LogP contribution in [0.1, 0.15) is 60.9 Å². The molecule has 0 fully saturated rings. The molecule has 1 aliphatic heterocycles. The third-order valence-corrected chi connectivity index (χ3v) is 6.55. The van der Waals surface area contributed by atoms with Crippen LogP contribution < -0.4 is 10.6 Å². The summed E-state index contributed by atoms with van der Waals surface area (Å²) in [5.74, 6) is 0.517. The Hall–Kier alpha value is -4.16. The number of aliphatic hydroxyl groups excluding tert-OH is 1. The molecule has 4 heterocycles. The number of anilines is 2. The van der Waals surface area contributed by atoms with Gasteiger partial charge in [0, 0.05) is 50.1 Å². The maximum atomic E-state index is 13.1. The van der Waals surface area contributed by atoms with Gasteiger partial charge in [-0.3, -0.25) is 14.4 Å². The van der Waals surface area contributed by atoms with Gasteiger partial charge in [-0.25, -0.2) is 9.97 Å². The van der Waals surface area contributed by atoms with Crippen LogP contribution in [0.3, 0.4) is 0 Å². The van der Waals surface area contributed by atoms with Crippen LogP contribution in [0.15, 0.2) is 47.4 Å². The van der Waals surface area contributed by atoms with Crippen molar-refractivity contribution in [3.63, 3.8) is 0 Å². The molecule has 39 heavy (non-hydrogen) atoms. The molecule has 3 N–H and O–H groups in total. The van der Waals surface area contributed by atoms with Crippen molar-refractivity contribution in [2.75, 3.05) is 25.0 Å². The number of hydrogen-bond acceptors (Lipinski definition) is 10. The SMILES string of the molecule is Cn1cc(Nc2nccc(-c3ccc4c(c3)CN(CCO)CC[C@@H]4NC(=O)c3noc(C(C)(C)C)n3)n2)cn1. The third-order valence-electron chi connectivity index (χ3n) is 6.55. The third kappa shape index (κ3) is 6.13. The Morgan fingerprint density at radius 2 is 2.08 bits per heavy atom. The van der Waals surface area contributed by atoms with Crippen LogP contribution in [-0.2, 0) is 19.0 Å². The highest BCUT2D eigenvalue weighted by Crippen LogP contribution is 2.31. The van der Waals surface area contributed by atoms with Gasteiger partial charge in [0.15, 0.2) is 0 Å². The summed E-state index contributed by atoms with van der Waals surface area (Å²) in [6.45, 7) is 7.79. The molecule has 3 aromatic heterocycles. The van der Waals surface area contributed by atoms with E-state index in [2.05, 4.69) is 41.8 Å². The Kier molecular flexibility index (Phi) is 7.40.